The first-order chi connectivity index (χ1) is 15.9. The van der Waals surface area contributed by atoms with Crippen LogP contribution in [0.2, 0.25) is 0 Å². The van der Waals surface area contributed by atoms with Gasteiger partial charge in [0.15, 0.2) is 6.29 Å². The number of fused-ring (bicyclic) bond motifs is 2. The first kappa shape index (κ1) is 20.8. The van der Waals surface area contributed by atoms with E-state index in [0.717, 1.165) is 23.3 Å². The van der Waals surface area contributed by atoms with Crippen molar-refractivity contribution in [3.05, 3.63) is 72.4 Å². The lowest BCUT2D eigenvalue weighted by molar-refractivity contribution is 0.112. The maximum atomic E-state index is 12.2. The van der Waals surface area contributed by atoms with E-state index in [1.807, 2.05) is 36.4 Å². The summed E-state index contributed by atoms with van der Waals surface area (Å²) in [5, 5.41) is 1.42. The van der Waals surface area contributed by atoms with Gasteiger partial charge in [-0.25, -0.2) is 23.4 Å². The van der Waals surface area contributed by atoms with Crippen molar-refractivity contribution in [3.63, 3.8) is 0 Å². The summed E-state index contributed by atoms with van der Waals surface area (Å²) in [4.78, 5) is 25.2. The summed E-state index contributed by atoms with van der Waals surface area (Å²) in [6, 6.07) is 18.3. The van der Waals surface area contributed by atoms with Crippen molar-refractivity contribution in [1.29, 1.82) is 0 Å². The predicted octanol–water partition coefficient (Wildman–Crippen LogP) is 3.86. The molecule has 5 aromatic rings. The summed E-state index contributed by atoms with van der Waals surface area (Å²) >= 11 is 0. The summed E-state index contributed by atoms with van der Waals surface area (Å²) in [5.74, 6) is 1.35. The van der Waals surface area contributed by atoms with E-state index in [2.05, 4.69) is 9.97 Å². The van der Waals surface area contributed by atoms with Crippen LogP contribution in [0.1, 0.15) is 10.4 Å². The highest BCUT2D eigenvalue weighted by Gasteiger charge is 2.21. The molecule has 0 fully saturated rings. The molecule has 0 N–H and O–H groups in total. The molecule has 164 valence electrons. The first-order valence-electron chi connectivity index (χ1n) is 9.98. The van der Waals surface area contributed by atoms with Crippen LogP contribution in [0.3, 0.4) is 0 Å². The number of aromatic nitrogens is 4. The number of hydrogen-bond donors (Lipinski definition) is 0. The molecule has 0 bridgehead atoms. The smallest absolute Gasteiger partial charge is 0.248 e. The fraction of sp³-hybridized carbons (Fsp3) is 0.0833. The average molecular weight is 458 g/mol. The van der Waals surface area contributed by atoms with E-state index in [1.54, 1.807) is 35.9 Å². The number of hydrogen-bond acceptors (Lipinski definition) is 7. The van der Waals surface area contributed by atoms with Gasteiger partial charge >= 0.3 is 0 Å². The molecule has 5 rings (SSSR count). The first-order valence-corrected chi connectivity index (χ1v) is 11.9. The fourth-order valence-corrected chi connectivity index (χ4v) is 4.36. The van der Waals surface area contributed by atoms with Crippen molar-refractivity contribution < 1.29 is 17.9 Å². The Kier molecular flexibility index (Phi) is 4.90. The number of nitrogens with zero attached hydrogens (tertiary/aromatic N) is 4. The van der Waals surface area contributed by atoms with Gasteiger partial charge in [0.2, 0.25) is 15.0 Å². The Hall–Kier alpha value is -4.11. The van der Waals surface area contributed by atoms with E-state index in [0.29, 0.717) is 39.6 Å². The van der Waals surface area contributed by atoms with Gasteiger partial charge in [0.25, 0.3) is 0 Å². The fourth-order valence-electron chi connectivity index (χ4n) is 3.85. The molecule has 0 amide bonds. The van der Waals surface area contributed by atoms with Gasteiger partial charge in [-0.15, -0.1) is 0 Å². The number of methoxy groups -OCH3 is 1. The normalized spacial score (nSPS) is 11.7. The maximum absolute atomic E-state index is 12.2. The Bertz CT molecular complexity index is 1660. The maximum Gasteiger partial charge on any atom is 0.248 e. The van der Waals surface area contributed by atoms with E-state index in [9.17, 15) is 13.2 Å². The van der Waals surface area contributed by atoms with Crippen molar-refractivity contribution in [1.82, 2.24) is 19.5 Å². The number of imidazole rings is 1. The Morgan fingerprint density at radius 3 is 2.58 bits per heavy atom. The van der Waals surface area contributed by atoms with E-state index in [4.69, 9.17) is 9.72 Å². The van der Waals surface area contributed by atoms with Crippen molar-refractivity contribution in [3.8, 4) is 23.0 Å². The lowest BCUT2D eigenvalue weighted by atomic mass is 9.99. The quantitative estimate of drug-likeness (QED) is 0.291. The van der Waals surface area contributed by atoms with Crippen molar-refractivity contribution in [2.45, 2.75) is 5.16 Å². The van der Waals surface area contributed by atoms with Gasteiger partial charge in [0.1, 0.15) is 17.4 Å². The minimum Gasteiger partial charge on any atom is -0.497 e. The molecule has 0 aliphatic heterocycles. The molecular weight excluding hydrogens is 440 g/mol. The van der Waals surface area contributed by atoms with E-state index in [-0.39, 0.29) is 5.16 Å². The minimum atomic E-state index is -3.64. The van der Waals surface area contributed by atoms with Crippen LogP contribution < -0.4 is 4.74 Å². The van der Waals surface area contributed by atoms with Gasteiger partial charge in [-0.2, -0.15) is 0 Å². The highest BCUT2D eigenvalue weighted by atomic mass is 32.2. The third-order valence-electron chi connectivity index (χ3n) is 5.37. The zero-order valence-corrected chi connectivity index (χ0v) is 18.6. The summed E-state index contributed by atoms with van der Waals surface area (Å²) in [7, 11) is -2.08. The van der Waals surface area contributed by atoms with E-state index in [1.165, 1.54) is 6.20 Å². The van der Waals surface area contributed by atoms with Crippen LogP contribution in [-0.4, -0.2) is 47.6 Å². The van der Waals surface area contributed by atoms with Crippen LogP contribution in [0.4, 0.5) is 0 Å². The Morgan fingerprint density at radius 2 is 1.82 bits per heavy atom. The molecule has 8 nitrogen and oxygen atoms in total. The SMILES string of the molecule is COc1ccc2nc(-c3ccc4ccccc4c3C=O)n(-c3ccnc(S(C)(=O)=O)n3)c2c1. The lowest BCUT2D eigenvalue weighted by Crippen LogP contribution is -2.08. The molecule has 2 heterocycles. The number of carbonyl (C=O) groups excluding carboxylic acids is 1. The van der Waals surface area contributed by atoms with Gasteiger partial charge < -0.3 is 4.74 Å². The van der Waals surface area contributed by atoms with Gasteiger partial charge in [-0.1, -0.05) is 30.3 Å². The Morgan fingerprint density at radius 1 is 1.00 bits per heavy atom. The summed E-state index contributed by atoms with van der Waals surface area (Å²) in [6.45, 7) is 0. The van der Waals surface area contributed by atoms with Crippen LogP contribution in [0, 0.1) is 0 Å². The number of ether oxygens (including phenoxy) is 1. The molecule has 0 spiro atoms. The topological polar surface area (TPSA) is 104 Å². The van der Waals surface area contributed by atoms with E-state index >= 15 is 0 Å². The molecule has 3 aromatic carbocycles. The van der Waals surface area contributed by atoms with Gasteiger partial charge in [-0.3, -0.25) is 9.36 Å². The van der Waals surface area contributed by atoms with Crippen LogP contribution in [-0.2, 0) is 9.84 Å². The van der Waals surface area contributed by atoms with Crippen molar-refractivity contribution in [2.24, 2.45) is 0 Å². The second-order valence-corrected chi connectivity index (χ2v) is 9.37. The molecule has 0 atom stereocenters. The van der Waals surface area contributed by atoms with Crippen LogP contribution in [0.25, 0.3) is 39.0 Å². The average Bonchev–Trinajstić information content (AvgIpc) is 3.21. The lowest BCUT2D eigenvalue weighted by Gasteiger charge is -2.12. The third-order valence-corrected chi connectivity index (χ3v) is 6.23. The third kappa shape index (κ3) is 3.52. The second-order valence-electron chi connectivity index (χ2n) is 7.46. The van der Waals surface area contributed by atoms with Crippen LogP contribution in [0.15, 0.2) is 72.0 Å². The molecule has 0 radical (unpaired) electrons. The summed E-state index contributed by atoms with van der Waals surface area (Å²) < 4.78 is 31.3. The molecule has 0 unspecified atom stereocenters. The largest absolute Gasteiger partial charge is 0.497 e. The number of benzene rings is 3. The molecule has 2 aromatic heterocycles. The number of aldehydes is 1. The van der Waals surface area contributed by atoms with Crippen molar-refractivity contribution in [2.75, 3.05) is 13.4 Å². The summed E-state index contributed by atoms with van der Waals surface area (Å²) in [6.07, 6.45) is 3.25. The molecule has 0 saturated carbocycles. The molecule has 9 heteroatoms. The minimum absolute atomic E-state index is 0.301. The van der Waals surface area contributed by atoms with Gasteiger partial charge in [0, 0.05) is 29.6 Å². The number of carbonyl (C=O) groups is 1. The monoisotopic (exact) mass is 458 g/mol. The van der Waals surface area contributed by atoms with Gasteiger partial charge in [-0.05, 0) is 35.0 Å². The second kappa shape index (κ2) is 7.79. The van der Waals surface area contributed by atoms with Crippen LogP contribution >= 0.6 is 0 Å². The Labute approximate surface area is 189 Å². The van der Waals surface area contributed by atoms with E-state index < -0.39 is 9.84 Å². The summed E-state index contributed by atoms with van der Waals surface area (Å²) in [5.41, 5.74) is 2.36. The standard InChI is InChI=1S/C24H18N4O4S/c1-32-16-8-10-20-21(13-16)28(22-11-12-25-24(27-22)33(2,30)31)23(26-20)18-9-7-15-5-3-4-6-17(15)19(18)14-29/h3-14H,1-2H3. The Balaban J connectivity index is 1.89. The van der Waals surface area contributed by atoms with Crippen molar-refractivity contribution >= 4 is 37.9 Å². The highest BCUT2D eigenvalue weighted by molar-refractivity contribution is 7.90. The zero-order valence-electron chi connectivity index (χ0n) is 17.8. The molecular formula is C24H18N4O4S. The molecule has 0 aliphatic rings. The predicted molar refractivity (Wildman–Crippen MR) is 125 cm³/mol. The zero-order chi connectivity index (χ0) is 23.2. The highest BCUT2D eigenvalue weighted by Crippen LogP contribution is 2.34. The number of rotatable bonds is 5. The molecule has 33 heavy (non-hydrogen) atoms. The molecule has 0 aliphatic carbocycles. The van der Waals surface area contributed by atoms with Crippen LogP contribution in [0.5, 0.6) is 5.75 Å². The van der Waals surface area contributed by atoms with Gasteiger partial charge in [0.05, 0.1) is 18.1 Å². The number of sulfone groups is 1. The molecule has 0 saturated heterocycles.